The van der Waals surface area contributed by atoms with E-state index in [1.54, 1.807) is 0 Å². The Morgan fingerprint density at radius 2 is 2.15 bits per heavy atom. The van der Waals surface area contributed by atoms with Crippen LogP contribution in [0.2, 0.25) is 0 Å². The van der Waals surface area contributed by atoms with Crippen molar-refractivity contribution in [3.8, 4) is 0 Å². The predicted octanol–water partition coefficient (Wildman–Crippen LogP) is 3.71. The lowest BCUT2D eigenvalue weighted by Gasteiger charge is -2.06. The van der Waals surface area contributed by atoms with Crippen molar-refractivity contribution in [1.82, 2.24) is 9.78 Å². The summed E-state index contributed by atoms with van der Waals surface area (Å²) >= 11 is 0. The molecule has 20 heavy (non-hydrogen) atoms. The topological polar surface area (TPSA) is 34.9 Å². The van der Waals surface area contributed by atoms with Gasteiger partial charge in [-0.1, -0.05) is 42.7 Å². The zero-order valence-corrected chi connectivity index (χ0v) is 11.9. The second kappa shape index (κ2) is 5.61. The largest absolute Gasteiger partial charge is 0.298 e. The van der Waals surface area contributed by atoms with E-state index in [0.29, 0.717) is 5.92 Å². The fraction of sp³-hybridized carbons (Fsp3) is 0.412. The summed E-state index contributed by atoms with van der Waals surface area (Å²) in [5, 5.41) is 4.67. The second-order valence-electron chi connectivity index (χ2n) is 5.76. The summed E-state index contributed by atoms with van der Waals surface area (Å²) in [4.78, 5) is 11.3. The van der Waals surface area contributed by atoms with Gasteiger partial charge in [0.15, 0.2) is 6.29 Å². The molecule has 0 radical (unpaired) electrons. The summed E-state index contributed by atoms with van der Waals surface area (Å²) in [5.74, 6) is 0.481. The van der Waals surface area contributed by atoms with Gasteiger partial charge in [0, 0.05) is 12.1 Å². The Bertz CT molecular complexity index is 609. The minimum Gasteiger partial charge on any atom is -0.298 e. The molecule has 1 fully saturated rings. The van der Waals surface area contributed by atoms with E-state index in [-0.39, 0.29) is 0 Å². The van der Waals surface area contributed by atoms with Crippen molar-refractivity contribution in [2.24, 2.45) is 0 Å². The van der Waals surface area contributed by atoms with Gasteiger partial charge in [-0.2, -0.15) is 5.10 Å². The number of aldehydes is 1. The fourth-order valence-electron chi connectivity index (χ4n) is 3.14. The Morgan fingerprint density at radius 3 is 2.85 bits per heavy atom. The van der Waals surface area contributed by atoms with Crippen LogP contribution in [0.3, 0.4) is 0 Å². The van der Waals surface area contributed by atoms with Crippen molar-refractivity contribution >= 4 is 6.29 Å². The maximum Gasteiger partial charge on any atom is 0.153 e. The molecule has 0 amide bonds. The highest BCUT2D eigenvalue weighted by Crippen LogP contribution is 2.34. The Hall–Kier alpha value is -1.90. The molecule has 1 saturated carbocycles. The monoisotopic (exact) mass is 268 g/mol. The fourth-order valence-corrected chi connectivity index (χ4v) is 3.14. The summed E-state index contributed by atoms with van der Waals surface area (Å²) in [5.41, 5.74) is 4.25. The van der Waals surface area contributed by atoms with E-state index in [1.807, 2.05) is 10.9 Å². The lowest BCUT2D eigenvalue weighted by Crippen LogP contribution is -2.03. The van der Waals surface area contributed by atoms with Gasteiger partial charge in [-0.15, -0.1) is 0 Å². The van der Waals surface area contributed by atoms with Crippen molar-refractivity contribution in [3.63, 3.8) is 0 Å². The number of nitrogens with zero attached hydrogens (tertiary/aromatic N) is 2. The first-order valence-corrected chi connectivity index (χ1v) is 7.34. The molecule has 3 nitrogen and oxygen atoms in total. The van der Waals surface area contributed by atoms with Gasteiger partial charge in [0.2, 0.25) is 0 Å². The van der Waals surface area contributed by atoms with Gasteiger partial charge >= 0.3 is 0 Å². The average Bonchev–Trinajstić information content (AvgIpc) is 3.06. The minimum absolute atomic E-state index is 0.481. The molecule has 1 aromatic carbocycles. The number of carbonyl (C=O) groups is 1. The van der Waals surface area contributed by atoms with Gasteiger partial charge in [-0.25, -0.2) is 0 Å². The van der Waals surface area contributed by atoms with Crippen LogP contribution < -0.4 is 0 Å². The molecular weight excluding hydrogens is 248 g/mol. The highest BCUT2D eigenvalue weighted by atomic mass is 16.1. The third kappa shape index (κ3) is 2.67. The first-order valence-electron chi connectivity index (χ1n) is 7.34. The molecule has 0 unspecified atom stereocenters. The summed E-state index contributed by atoms with van der Waals surface area (Å²) in [6.07, 6.45) is 7.70. The van der Waals surface area contributed by atoms with Gasteiger partial charge in [-0.3, -0.25) is 9.48 Å². The van der Waals surface area contributed by atoms with Crippen molar-refractivity contribution in [2.75, 3.05) is 0 Å². The van der Waals surface area contributed by atoms with E-state index in [9.17, 15) is 4.79 Å². The maximum absolute atomic E-state index is 11.3. The van der Waals surface area contributed by atoms with Crippen LogP contribution in [-0.2, 0) is 6.54 Å². The summed E-state index contributed by atoms with van der Waals surface area (Å²) in [6.45, 7) is 2.82. The molecule has 3 rings (SSSR count). The zero-order chi connectivity index (χ0) is 13.9. The highest BCUT2D eigenvalue weighted by molar-refractivity contribution is 5.76. The molecule has 0 aliphatic heterocycles. The smallest absolute Gasteiger partial charge is 0.153 e. The first kappa shape index (κ1) is 13.1. The molecule has 2 aromatic rings. The van der Waals surface area contributed by atoms with E-state index < -0.39 is 0 Å². The Labute approximate surface area is 119 Å². The van der Waals surface area contributed by atoms with Crippen molar-refractivity contribution < 1.29 is 4.79 Å². The van der Waals surface area contributed by atoms with E-state index >= 15 is 0 Å². The Balaban J connectivity index is 1.85. The SMILES string of the molecule is Cc1cccc(Cn2cc(C=O)c(C3CCCC3)n2)c1. The van der Waals surface area contributed by atoms with Crippen LogP contribution in [-0.4, -0.2) is 16.1 Å². The van der Waals surface area contributed by atoms with E-state index in [1.165, 1.54) is 36.8 Å². The van der Waals surface area contributed by atoms with E-state index in [4.69, 9.17) is 0 Å². The van der Waals surface area contributed by atoms with Crippen molar-refractivity contribution in [1.29, 1.82) is 0 Å². The number of aromatic nitrogens is 2. The molecule has 3 heteroatoms. The zero-order valence-electron chi connectivity index (χ0n) is 11.9. The predicted molar refractivity (Wildman–Crippen MR) is 79.1 cm³/mol. The van der Waals surface area contributed by atoms with Crippen LogP contribution in [0.25, 0.3) is 0 Å². The lowest BCUT2D eigenvalue weighted by atomic mass is 10.0. The van der Waals surface area contributed by atoms with Crippen LogP contribution in [0.4, 0.5) is 0 Å². The molecule has 0 bridgehead atoms. The summed E-state index contributed by atoms with van der Waals surface area (Å²) in [7, 11) is 0. The van der Waals surface area contributed by atoms with Gasteiger partial charge < -0.3 is 0 Å². The third-order valence-corrected chi connectivity index (χ3v) is 4.12. The molecular formula is C17H20N2O. The standard InChI is InChI=1S/C17H20N2O/c1-13-5-4-6-14(9-13)10-19-11-16(12-20)17(18-19)15-7-2-3-8-15/h4-6,9,11-12,15H,2-3,7-8,10H2,1H3. The van der Waals surface area contributed by atoms with Gasteiger partial charge in [0.05, 0.1) is 17.8 Å². The van der Waals surface area contributed by atoms with E-state index in [0.717, 1.165) is 24.1 Å². The Morgan fingerprint density at radius 1 is 1.35 bits per heavy atom. The molecule has 0 spiro atoms. The highest BCUT2D eigenvalue weighted by Gasteiger charge is 2.23. The van der Waals surface area contributed by atoms with Gasteiger partial charge in [0.25, 0.3) is 0 Å². The number of hydrogen-bond acceptors (Lipinski definition) is 2. The Kier molecular flexibility index (Phi) is 3.68. The van der Waals surface area contributed by atoms with Crippen molar-refractivity contribution in [3.05, 3.63) is 52.8 Å². The number of rotatable bonds is 4. The minimum atomic E-state index is 0.481. The number of carbonyl (C=O) groups excluding carboxylic acids is 1. The van der Waals surface area contributed by atoms with Gasteiger partial charge in [0.1, 0.15) is 0 Å². The average molecular weight is 268 g/mol. The summed E-state index contributed by atoms with van der Waals surface area (Å²) < 4.78 is 1.91. The number of hydrogen-bond donors (Lipinski definition) is 0. The molecule has 1 aliphatic rings. The van der Waals surface area contributed by atoms with Gasteiger partial charge in [-0.05, 0) is 25.3 Å². The van der Waals surface area contributed by atoms with E-state index in [2.05, 4.69) is 36.3 Å². The van der Waals surface area contributed by atoms with Crippen LogP contribution in [0.15, 0.2) is 30.5 Å². The molecule has 1 heterocycles. The maximum atomic E-state index is 11.3. The van der Waals surface area contributed by atoms with Crippen LogP contribution >= 0.6 is 0 Å². The van der Waals surface area contributed by atoms with Crippen molar-refractivity contribution in [2.45, 2.75) is 45.1 Å². The molecule has 1 aliphatic carbocycles. The molecule has 0 atom stereocenters. The number of benzene rings is 1. The molecule has 0 saturated heterocycles. The normalized spacial score (nSPS) is 15.7. The van der Waals surface area contributed by atoms with Crippen LogP contribution in [0.1, 0.15) is 58.8 Å². The lowest BCUT2D eigenvalue weighted by molar-refractivity contribution is 0.112. The second-order valence-corrected chi connectivity index (χ2v) is 5.76. The quantitative estimate of drug-likeness (QED) is 0.792. The third-order valence-electron chi connectivity index (χ3n) is 4.12. The molecule has 104 valence electrons. The number of aryl methyl sites for hydroxylation is 1. The summed E-state index contributed by atoms with van der Waals surface area (Å²) in [6, 6.07) is 8.42. The van der Waals surface area contributed by atoms with Crippen LogP contribution in [0.5, 0.6) is 0 Å². The first-order chi connectivity index (χ1) is 9.76. The molecule has 0 N–H and O–H groups in total. The van der Waals surface area contributed by atoms with Crippen LogP contribution in [0, 0.1) is 6.92 Å². The molecule has 1 aromatic heterocycles.